The highest BCUT2D eigenvalue weighted by Crippen LogP contribution is 2.22. The Morgan fingerprint density at radius 1 is 1.47 bits per heavy atom. The topological polar surface area (TPSA) is 55.1 Å². The Kier molecular flexibility index (Phi) is 5.15. The van der Waals surface area contributed by atoms with Crippen LogP contribution in [0.1, 0.15) is 19.4 Å². The largest absolute Gasteiger partial charge is 0.330 e. The number of amides is 1. The van der Waals surface area contributed by atoms with Gasteiger partial charge in [-0.05, 0) is 30.5 Å². The molecule has 1 amide bonds. The maximum atomic E-state index is 12.0. The van der Waals surface area contributed by atoms with Crippen molar-refractivity contribution < 1.29 is 4.79 Å². The van der Waals surface area contributed by atoms with Crippen molar-refractivity contribution in [2.24, 2.45) is 17.6 Å². The Bertz CT molecular complexity index is 404. The van der Waals surface area contributed by atoms with Crippen molar-refractivity contribution in [1.82, 2.24) is 0 Å². The molecular weight excluding hydrogens is 280 g/mol. The van der Waals surface area contributed by atoms with Gasteiger partial charge in [0.1, 0.15) is 0 Å². The molecule has 0 saturated heterocycles. The third kappa shape index (κ3) is 3.82. The predicted octanol–water partition coefficient (Wildman–Crippen LogP) is 2.93. The maximum Gasteiger partial charge on any atom is 0.229 e. The zero-order valence-electron chi connectivity index (χ0n) is 10.5. The van der Waals surface area contributed by atoms with Crippen molar-refractivity contribution in [1.29, 1.82) is 0 Å². The maximum absolute atomic E-state index is 12.0. The van der Waals surface area contributed by atoms with E-state index in [2.05, 4.69) is 21.2 Å². The summed E-state index contributed by atoms with van der Waals surface area (Å²) in [6.07, 6.45) is 0. The SMILES string of the molecule is Cc1ccc(Br)cc1NC(=O)C(CN)C(C)C. The lowest BCUT2D eigenvalue weighted by Crippen LogP contribution is -2.33. The van der Waals surface area contributed by atoms with E-state index in [-0.39, 0.29) is 17.7 Å². The number of nitrogens with one attached hydrogen (secondary N) is 1. The fraction of sp³-hybridized carbons (Fsp3) is 0.462. The third-order valence-corrected chi connectivity index (χ3v) is 3.35. The highest BCUT2D eigenvalue weighted by Gasteiger charge is 2.20. The molecule has 94 valence electrons. The van der Waals surface area contributed by atoms with Crippen molar-refractivity contribution in [3.05, 3.63) is 28.2 Å². The normalized spacial score (nSPS) is 12.6. The Morgan fingerprint density at radius 3 is 2.65 bits per heavy atom. The van der Waals surface area contributed by atoms with Crippen molar-refractivity contribution in [3.8, 4) is 0 Å². The molecule has 1 aromatic rings. The molecule has 0 heterocycles. The molecule has 0 fully saturated rings. The molecule has 0 spiro atoms. The van der Waals surface area contributed by atoms with E-state index in [1.165, 1.54) is 0 Å². The molecule has 0 aliphatic heterocycles. The second kappa shape index (κ2) is 6.17. The summed E-state index contributed by atoms with van der Waals surface area (Å²) in [5.74, 6) is 0.0875. The summed E-state index contributed by atoms with van der Waals surface area (Å²) in [4.78, 5) is 12.0. The van der Waals surface area contributed by atoms with Gasteiger partial charge in [0.25, 0.3) is 0 Å². The fourth-order valence-corrected chi connectivity index (χ4v) is 2.00. The molecule has 1 rings (SSSR count). The Labute approximate surface area is 111 Å². The second-order valence-electron chi connectivity index (χ2n) is 4.53. The highest BCUT2D eigenvalue weighted by atomic mass is 79.9. The molecule has 0 bridgehead atoms. The molecule has 17 heavy (non-hydrogen) atoms. The molecule has 0 aliphatic rings. The molecule has 0 aromatic heterocycles. The van der Waals surface area contributed by atoms with Gasteiger partial charge in [0.15, 0.2) is 0 Å². The van der Waals surface area contributed by atoms with Crippen LogP contribution in [0.15, 0.2) is 22.7 Å². The first kappa shape index (κ1) is 14.2. The van der Waals surface area contributed by atoms with Crippen LogP contribution in [0.4, 0.5) is 5.69 Å². The van der Waals surface area contributed by atoms with E-state index >= 15 is 0 Å². The van der Waals surface area contributed by atoms with E-state index in [0.717, 1.165) is 15.7 Å². The highest BCUT2D eigenvalue weighted by molar-refractivity contribution is 9.10. The average molecular weight is 299 g/mol. The van der Waals surface area contributed by atoms with Gasteiger partial charge in [0.05, 0.1) is 5.92 Å². The van der Waals surface area contributed by atoms with Crippen LogP contribution < -0.4 is 11.1 Å². The molecule has 1 aromatic carbocycles. The average Bonchev–Trinajstić information content (AvgIpc) is 2.24. The monoisotopic (exact) mass is 298 g/mol. The van der Waals surface area contributed by atoms with Gasteiger partial charge < -0.3 is 11.1 Å². The Morgan fingerprint density at radius 2 is 2.12 bits per heavy atom. The van der Waals surface area contributed by atoms with Crippen LogP contribution in [0.2, 0.25) is 0 Å². The number of benzene rings is 1. The molecular formula is C13H19BrN2O. The van der Waals surface area contributed by atoms with Crippen LogP contribution in [0.25, 0.3) is 0 Å². The van der Waals surface area contributed by atoms with E-state index in [1.54, 1.807) is 0 Å². The molecule has 0 radical (unpaired) electrons. The lowest BCUT2D eigenvalue weighted by Gasteiger charge is -2.19. The van der Waals surface area contributed by atoms with Crippen molar-refractivity contribution in [2.45, 2.75) is 20.8 Å². The summed E-state index contributed by atoms with van der Waals surface area (Å²) in [6.45, 7) is 6.35. The Hall–Kier alpha value is -0.870. The number of carbonyl (C=O) groups excluding carboxylic acids is 1. The minimum absolute atomic E-state index is 0.0105. The molecule has 3 nitrogen and oxygen atoms in total. The molecule has 1 unspecified atom stereocenters. The summed E-state index contributed by atoms with van der Waals surface area (Å²) in [6, 6.07) is 5.82. The summed E-state index contributed by atoms with van der Waals surface area (Å²) in [5, 5.41) is 2.93. The summed E-state index contributed by atoms with van der Waals surface area (Å²) >= 11 is 3.39. The molecule has 4 heteroatoms. The summed E-state index contributed by atoms with van der Waals surface area (Å²) in [7, 11) is 0. The van der Waals surface area contributed by atoms with Crippen LogP contribution in [0.5, 0.6) is 0 Å². The summed E-state index contributed by atoms with van der Waals surface area (Å²) < 4.78 is 0.951. The number of rotatable bonds is 4. The molecule has 1 atom stereocenters. The van der Waals surface area contributed by atoms with Gasteiger partial charge in [-0.3, -0.25) is 4.79 Å². The van der Waals surface area contributed by atoms with E-state index < -0.39 is 0 Å². The number of aryl methyl sites for hydroxylation is 1. The third-order valence-electron chi connectivity index (χ3n) is 2.85. The van der Waals surface area contributed by atoms with Crippen molar-refractivity contribution >= 4 is 27.5 Å². The van der Waals surface area contributed by atoms with Crippen LogP contribution in [0, 0.1) is 18.8 Å². The quantitative estimate of drug-likeness (QED) is 0.898. The number of anilines is 1. The van der Waals surface area contributed by atoms with Gasteiger partial charge in [0.2, 0.25) is 5.91 Å². The summed E-state index contributed by atoms with van der Waals surface area (Å²) in [5.41, 5.74) is 7.51. The predicted molar refractivity (Wildman–Crippen MR) is 74.9 cm³/mol. The Balaban J connectivity index is 2.83. The van der Waals surface area contributed by atoms with Crippen LogP contribution >= 0.6 is 15.9 Å². The lowest BCUT2D eigenvalue weighted by molar-refractivity contribution is -0.120. The zero-order chi connectivity index (χ0) is 13.0. The van der Waals surface area contributed by atoms with Gasteiger partial charge >= 0.3 is 0 Å². The van der Waals surface area contributed by atoms with Gasteiger partial charge in [0, 0.05) is 16.7 Å². The smallest absolute Gasteiger partial charge is 0.229 e. The van der Waals surface area contributed by atoms with Crippen LogP contribution in [0.3, 0.4) is 0 Å². The van der Waals surface area contributed by atoms with Crippen LogP contribution in [-0.2, 0) is 4.79 Å². The second-order valence-corrected chi connectivity index (χ2v) is 5.45. The van der Waals surface area contributed by atoms with Gasteiger partial charge in [-0.15, -0.1) is 0 Å². The minimum atomic E-state index is -0.145. The van der Waals surface area contributed by atoms with Gasteiger partial charge in [-0.1, -0.05) is 35.8 Å². The first-order chi connectivity index (χ1) is 7.95. The fourth-order valence-electron chi connectivity index (χ4n) is 1.64. The van der Waals surface area contributed by atoms with Crippen LogP contribution in [-0.4, -0.2) is 12.5 Å². The zero-order valence-corrected chi connectivity index (χ0v) is 12.0. The number of carbonyl (C=O) groups is 1. The number of hydrogen-bond donors (Lipinski definition) is 2. The van der Waals surface area contributed by atoms with E-state index in [1.807, 2.05) is 39.0 Å². The van der Waals surface area contributed by atoms with E-state index in [4.69, 9.17) is 5.73 Å². The molecule has 0 aliphatic carbocycles. The standard InChI is InChI=1S/C13H19BrN2O/c1-8(2)11(7-15)13(17)16-12-6-10(14)5-4-9(12)3/h4-6,8,11H,7,15H2,1-3H3,(H,16,17). The van der Waals surface area contributed by atoms with Crippen molar-refractivity contribution in [3.63, 3.8) is 0 Å². The van der Waals surface area contributed by atoms with Gasteiger partial charge in [-0.25, -0.2) is 0 Å². The molecule has 0 saturated carbocycles. The molecule has 3 N–H and O–H groups in total. The van der Waals surface area contributed by atoms with E-state index in [9.17, 15) is 4.79 Å². The number of hydrogen-bond acceptors (Lipinski definition) is 2. The minimum Gasteiger partial charge on any atom is -0.330 e. The lowest BCUT2D eigenvalue weighted by atomic mass is 9.95. The number of halogens is 1. The van der Waals surface area contributed by atoms with E-state index in [0.29, 0.717) is 6.54 Å². The number of nitrogens with two attached hydrogens (primary N) is 1. The first-order valence-electron chi connectivity index (χ1n) is 5.72. The van der Waals surface area contributed by atoms with Crippen molar-refractivity contribution in [2.75, 3.05) is 11.9 Å². The van der Waals surface area contributed by atoms with Gasteiger partial charge in [-0.2, -0.15) is 0 Å². The first-order valence-corrected chi connectivity index (χ1v) is 6.52.